The Morgan fingerprint density at radius 1 is 1.03 bits per heavy atom. The molecule has 0 unspecified atom stereocenters. The third-order valence-corrected chi connectivity index (χ3v) is 9.98. The molecule has 0 saturated carbocycles. The molecule has 178 valence electrons. The quantitative estimate of drug-likeness (QED) is 0.380. The van der Waals surface area contributed by atoms with Crippen LogP contribution in [0.1, 0.15) is 29.7 Å². The van der Waals surface area contributed by atoms with Crippen LogP contribution in [0.4, 0.5) is 5.82 Å². The Morgan fingerprint density at radius 3 is 2.57 bits per heavy atom. The number of benzene rings is 2. The summed E-state index contributed by atoms with van der Waals surface area (Å²) in [5.74, 6) is 0.921. The van der Waals surface area contributed by atoms with Crippen molar-refractivity contribution >= 4 is 60.5 Å². The minimum Gasteiger partial charge on any atom is -0.356 e. The summed E-state index contributed by atoms with van der Waals surface area (Å²) >= 11 is 7.36. The molecule has 1 aliphatic heterocycles. The number of halogens is 1. The number of thiophene rings is 1. The number of hydrogen-bond donors (Lipinski definition) is 1. The maximum atomic E-state index is 13.0. The second-order valence-corrected chi connectivity index (χ2v) is 12.4. The van der Waals surface area contributed by atoms with E-state index in [2.05, 4.69) is 25.7 Å². The van der Waals surface area contributed by atoms with Crippen LogP contribution in [0.5, 0.6) is 0 Å². The molecular weight excluding hydrogens is 500 g/mol. The molecule has 0 amide bonds. The normalized spacial score (nSPS) is 16.5. The number of nitrogens with zero attached hydrogens (tertiary/aromatic N) is 3. The topological polar surface area (TPSA) is 75.2 Å². The van der Waals surface area contributed by atoms with Crippen LogP contribution in [0.15, 0.2) is 65.1 Å². The van der Waals surface area contributed by atoms with Gasteiger partial charge in [-0.2, -0.15) is 0 Å². The number of piperidine rings is 1. The molecule has 35 heavy (non-hydrogen) atoms. The van der Waals surface area contributed by atoms with Gasteiger partial charge in [0.25, 0.3) is 0 Å². The Balaban J connectivity index is 1.16. The highest BCUT2D eigenvalue weighted by atomic mass is 35.5. The number of aromatic nitrogens is 2. The van der Waals surface area contributed by atoms with Gasteiger partial charge in [0.15, 0.2) is 0 Å². The third kappa shape index (κ3) is 4.47. The summed E-state index contributed by atoms with van der Waals surface area (Å²) in [6.45, 7) is 1.46. The summed E-state index contributed by atoms with van der Waals surface area (Å²) in [5.41, 5.74) is 4.41. The fourth-order valence-corrected chi connectivity index (χ4v) is 7.64. The fourth-order valence-electron chi connectivity index (χ4n) is 4.79. The summed E-state index contributed by atoms with van der Waals surface area (Å²) in [7, 11) is -3.55. The minimum atomic E-state index is -3.55. The minimum absolute atomic E-state index is 0.100. The van der Waals surface area contributed by atoms with E-state index in [-0.39, 0.29) is 6.04 Å². The molecular formula is C26H23ClN4O2S2. The largest absolute Gasteiger partial charge is 0.356 e. The highest BCUT2D eigenvalue weighted by molar-refractivity contribution is 7.91. The summed E-state index contributed by atoms with van der Waals surface area (Å²) < 4.78 is 30.3. The van der Waals surface area contributed by atoms with E-state index < -0.39 is 10.0 Å². The first-order valence-corrected chi connectivity index (χ1v) is 14.2. The standard InChI is InChI=1S/C26H23ClN4O2S2/c27-20-7-5-17(6-8-20)19-13-22-23(14-19)28-16-29-26(22)31-11-9-21(10-12-31)30-35(32,33)25-15-18-3-1-2-4-24(18)34-25/h1-8,13,15-16,21,30H,9-12,14H2. The van der Waals surface area contributed by atoms with Gasteiger partial charge in [0, 0.05) is 40.8 Å². The highest BCUT2D eigenvalue weighted by Gasteiger charge is 2.29. The van der Waals surface area contributed by atoms with Gasteiger partial charge in [-0.3, -0.25) is 0 Å². The molecule has 3 heterocycles. The molecule has 0 atom stereocenters. The monoisotopic (exact) mass is 522 g/mol. The number of hydrogen-bond acceptors (Lipinski definition) is 6. The van der Waals surface area contributed by atoms with Crippen molar-refractivity contribution in [3.05, 3.63) is 82.8 Å². The molecule has 6 nitrogen and oxygen atoms in total. The van der Waals surface area contributed by atoms with Crippen molar-refractivity contribution in [2.45, 2.75) is 29.5 Å². The third-order valence-electron chi connectivity index (χ3n) is 6.62. The molecule has 0 spiro atoms. The molecule has 2 aromatic carbocycles. The van der Waals surface area contributed by atoms with Crippen LogP contribution in [0.3, 0.4) is 0 Å². The second-order valence-electron chi connectivity index (χ2n) is 8.90. The fraction of sp³-hybridized carbons (Fsp3) is 0.231. The summed E-state index contributed by atoms with van der Waals surface area (Å²) in [6.07, 6.45) is 6.00. The van der Waals surface area contributed by atoms with Crippen molar-refractivity contribution in [1.82, 2.24) is 14.7 Å². The first-order chi connectivity index (χ1) is 17.0. The van der Waals surface area contributed by atoms with Crippen molar-refractivity contribution in [1.29, 1.82) is 0 Å². The zero-order valence-corrected chi connectivity index (χ0v) is 21.2. The summed E-state index contributed by atoms with van der Waals surface area (Å²) in [5, 5.41) is 1.67. The van der Waals surface area contributed by atoms with E-state index in [9.17, 15) is 8.42 Å². The number of allylic oxidation sites excluding steroid dienone is 1. The smallest absolute Gasteiger partial charge is 0.250 e. The van der Waals surface area contributed by atoms with Crippen molar-refractivity contribution < 1.29 is 8.42 Å². The molecule has 1 fully saturated rings. The molecule has 4 aromatic rings. The van der Waals surface area contributed by atoms with E-state index in [1.54, 1.807) is 12.4 Å². The second kappa shape index (κ2) is 9.02. The number of rotatable bonds is 5. The molecule has 1 N–H and O–H groups in total. The molecule has 2 aromatic heterocycles. The average molecular weight is 523 g/mol. The Morgan fingerprint density at radius 2 is 1.80 bits per heavy atom. The number of fused-ring (bicyclic) bond motifs is 2. The molecule has 1 aliphatic carbocycles. The molecule has 0 bridgehead atoms. The zero-order valence-electron chi connectivity index (χ0n) is 18.8. The Kier molecular flexibility index (Phi) is 5.84. The molecule has 6 rings (SSSR count). The van der Waals surface area contributed by atoms with Gasteiger partial charge in [0.1, 0.15) is 16.4 Å². The van der Waals surface area contributed by atoms with E-state index in [0.717, 1.165) is 70.1 Å². The van der Waals surface area contributed by atoms with Gasteiger partial charge < -0.3 is 4.90 Å². The van der Waals surface area contributed by atoms with Crippen LogP contribution < -0.4 is 9.62 Å². The van der Waals surface area contributed by atoms with Crippen LogP contribution in [0, 0.1) is 0 Å². The average Bonchev–Trinajstić information content (AvgIpc) is 3.50. The number of anilines is 1. The highest BCUT2D eigenvalue weighted by Crippen LogP contribution is 2.36. The number of sulfonamides is 1. The van der Waals surface area contributed by atoms with Gasteiger partial charge in [-0.05, 0) is 59.7 Å². The molecule has 2 aliphatic rings. The first-order valence-electron chi connectivity index (χ1n) is 11.5. The van der Waals surface area contributed by atoms with Crippen molar-refractivity contribution in [3.8, 4) is 0 Å². The van der Waals surface area contributed by atoms with Gasteiger partial charge >= 0.3 is 0 Å². The Labute approximate surface area is 213 Å². The Hall–Kier alpha value is -2.78. The lowest BCUT2D eigenvalue weighted by molar-refractivity contribution is 0.458. The lowest BCUT2D eigenvalue weighted by atomic mass is 10.1. The van der Waals surface area contributed by atoms with Gasteiger partial charge in [-0.1, -0.05) is 41.9 Å². The van der Waals surface area contributed by atoms with Gasteiger partial charge in [-0.25, -0.2) is 23.1 Å². The Bertz CT molecular complexity index is 1510. The zero-order chi connectivity index (χ0) is 24.0. The van der Waals surface area contributed by atoms with E-state index >= 15 is 0 Å². The van der Waals surface area contributed by atoms with Crippen molar-refractivity contribution in [3.63, 3.8) is 0 Å². The van der Waals surface area contributed by atoms with Crippen LogP contribution in [0.25, 0.3) is 21.7 Å². The maximum absolute atomic E-state index is 13.0. The molecule has 1 saturated heterocycles. The van der Waals surface area contributed by atoms with E-state index in [1.165, 1.54) is 16.9 Å². The van der Waals surface area contributed by atoms with Gasteiger partial charge in [0.05, 0.1) is 5.69 Å². The van der Waals surface area contributed by atoms with Crippen LogP contribution in [-0.2, 0) is 16.4 Å². The first kappa shape index (κ1) is 22.7. The predicted octanol–water partition coefficient (Wildman–Crippen LogP) is 5.39. The summed E-state index contributed by atoms with van der Waals surface area (Å²) in [4.78, 5) is 11.4. The van der Waals surface area contributed by atoms with E-state index in [4.69, 9.17) is 11.6 Å². The van der Waals surface area contributed by atoms with Crippen LogP contribution >= 0.6 is 22.9 Å². The van der Waals surface area contributed by atoms with Crippen molar-refractivity contribution in [2.24, 2.45) is 0 Å². The van der Waals surface area contributed by atoms with Gasteiger partial charge in [0.2, 0.25) is 10.0 Å². The predicted molar refractivity (Wildman–Crippen MR) is 142 cm³/mol. The van der Waals surface area contributed by atoms with E-state index in [1.807, 2.05) is 48.5 Å². The van der Waals surface area contributed by atoms with E-state index in [0.29, 0.717) is 4.21 Å². The molecule has 9 heteroatoms. The summed E-state index contributed by atoms with van der Waals surface area (Å²) in [6, 6.07) is 17.3. The van der Waals surface area contributed by atoms with Crippen molar-refractivity contribution in [2.75, 3.05) is 18.0 Å². The lowest BCUT2D eigenvalue weighted by Crippen LogP contribution is -2.45. The SMILES string of the molecule is O=S(=O)(NC1CCN(c2ncnc3c2C=C(c2ccc(Cl)cc2)C3)CC1)c1cc2ccccc2s1. The molecule has 0 radical (unpaired) electrons. The number of nitrogens with one attached hydrogen (secondary N) is 1. The van der Waals surface area contributed by atoms with Crippen LogP contribution in [0.2, 0.25) is 5.02 Å². The van der Waals surface area contributed by atoms with Gasteiger partial charge in [-0.15, -0.1) is 11.3 Å². The maximum Gasteiger partial charge on any atom is 0.250 e. The lowest BCUT2D eigenvalue weighted by Gasteiger charge is -2.33. The van der Waals surface area contributed by atoms with Crippen LogP contribution in [-0.4, -0.2) is 37.5 Å².